The molecule has 16 heavy (non-hydrogen) atoms. The molecule has 0 unspecified atom stereocenters. The number of rotatable bonds is 4. The van der Waals surface area contributed by atoms with Crippen LogP contribution < -0.4 is 5.32 Å². The quantitative estimate of drug-likeness (QED) is 0.709. The minimum Gasteiger partial charge on any atom is -0.504 e. The van der Waals surface area contributed by atoms with Crippen molar-refractivity contribution in [2.45, 2.75) is 13.1 Å². The number of thiazole rings is 1. The Bertz CT molecular complexity index is 457. The van der Waals surface area contributed by atoms with Gasteiger partial charge in [-0.3, -0.25) is 0 Å². The molecule has 0 amide bonds. The molecule has 0 spiro atoms. The molecule has 1 aromatic carbocycles. The zero-order valence-corrected chi connectivity index (χ0v) is 9.37. The predicted molar refractivity (Wildman–Crippen MR) is 62.4 cm³/mol. The van der Waals surface area contributed by atoms with E-state index in [0.717, 1.165) is 5.69 Å². The molecule has 5 heteroatoms. The van der Waals surface area contributed by atoms with Crippen molar-refractivity contribution < 1.29 is 10.2 Å². The zero-order valence-electron chi connectivity index (χ0n) is 8.55. The highest BCUT2D eigenvalue weighted by atomic mass is 32.1. The van der Waals surface area contributed by atoms with Gasteiger partial charge in [-0.25, -0.2) is 4.98 Å². The van der Waals surface area contributed by atoms with Crippen molar-refractivity contribution in [1.82, 2.24) is 10.3 Å². The second-order valence-corrected chi connectivity index (χ2v) is 4.09. The van der Waals surface area contributed by atoms with E-state index >= 15 is 0 Å². The van der Waals surface area contributed by atoms with Crippen molar-refractivity contribution in [3.8, 4) is 11.5 Å². The molecule has 3 N–H and O–H groups in total. The molecule has 0 aliphatic carbocycles. The number of hydrogen-bond acceptors (Lipinski definition) is 5. The highest BCUT2D eigenvalue weighted by molar-refractivity contribution is 7.07. The van der Waals surface area contributed by atoms with Crippen molar-refractivity contribution in [2.75, 3.05) is 0 Å². The van der Waals surface area contributed by atoms with E-state index in [4.69, 9.17) is 0 Å². The Morgan fingerprint density at radius 3 is 2.88 bits per heavy atom. The molecule has 4 nitrogen and oxygen atoms in total. The number of aromatic hydroxyl groups is 2. The zero-order chi connectivity index (χ0) is 11.4. The number of para-hydroxylation sites is 1. The summed E-state index contributed by atoms with van der Waals surface area (Å²) in [4.78, 5) is 4.13. The van der Waals surface area contributed by atoms with Crippen molar-refractivity contribution in [1.29, 1.82) is 0 Å². The summed E-state index contributed by atoms with van der Waals surface area (Å²) in [6.07, 6.45) is 0. The first-order valence-corrected chi connectivity index (χ1v) is 5.79. The largest absolute Gasteiger partial charge is 0.504 e. The fourth-order valence-electron chi connectivity index (χ4n) is 1.37. The van der Waals surface area contributed by atoms with Gasteiger partial charge in [0.15, 0.2) is 11.5 Å². The molecule has 0 radical (unpaired) electrons. The van der Waals surface area contributed by atoms with E-state index in [9.17, 15) is 10.2 Å². The molecular weight excluding hydrogens is 224 g/mol. The highest BCUT2D eigenvalue weighted by Gasteiger charge is 2.04. The molecule has 2 rings (SSSR count). The van der Waals surface area contributed by atoms with Gasteiger partial charge in [-0.1, -0.05) is 12.1 Å². The molecule has 1 heterocycles. The van der Waals surface area contributed by atoms with Crippen LogP contribution in [0.3, 0.4) is 0 Å². The second-order valence-electron chi connectivity index (χ2n) is 3.37. The third-order valence-corrected chi connectivity index (χ3v) is 2.84. The number of nitrogens with one attached hydrogen (secondary N) is 1. The molecule has 1 aromatic heterocycles. The van der Waals surface area contributed by atoms with Crippen molar-refractivity contribution in [2.24, 2.45) is 0 Å². The average molecular weight is 236 g/mol. The van der Waals surface area contributed by atoms with Crippen LogP contribution in [0.2, 0.25) is 0 Å². The Hall–Kier alpha value is -1.59. The minimum absolute atomic E-state index is 0.0618. The maximum absolute atomic E-state index is 9.55. The maximum atomic E-state index is 9.55. The van der Waals surface area contributed by atoms with Gasteiger partial charge in [0, 0.05) is 24.0 Å². The summed E-state index contributed by atoms with van der Waals surface area (Å²) in [6, 6.07) is 4.93. The number of phenols is 2. The molecule has 0 atom stereocenters. The molecule has 0 bridgehead atoms. The fourth-order valence-corrected chi connectivity index (χ4v) is 1.93. The van der Waals surface area contributed by atoms with Crippen LogP contribution in [0.25, 0.3) is 0 Å². The molecular formula is C11H12N2O2S. The van der Waals surface area contributed by atoms with E-state index in [1.807, 2.05) is 5.38 Å². The first-order chi connectivity index (χ1) is 7.77. The maximum Gasteiger partial charge on any atom is 0.161 e. The van der Waals surface area contributed by atoms with Gasteiger partial charge >= 0.3 is 0 Å². The Labute approximate surface area is 97.2 Å². The summed E-state index contributed by atoms with van der Waals surface area (Å²) < 4.78 is 0. The lowest BCUT2D eigenvalue weighted by Gasteiger charge is -2.06. The van der Waals surface area contributed by atoms with Gasteiger partial charge in [0.25, 0.3) is 0 Å². The van der Waals surface area contributed by atoms with E-state index in [-0.39, 0.29) is 11.5 Å². The lowest BCUT2D eigenvalue weighted by Crippen LogP contribution is -2.12. The Kier molecular flexibility index (Phi) is 3.38. The molecule has 0 fully saturated rings. The number of nitrogens with zero attached hydrogens (tertiary/aromatic N) is 1. The SMILES string of the molecule is Oc1cccc(CNCc2cscn2)c1O. The number of aromatic nitrogens is 1. The highest BCUT2D eigenvalue weighted by Crippen LogP contribution is 2.27. The van der Waals surface area contributed by atoms with Gasteiger partial charge in [-0.05, 0) is 6.07 Å². The van der Waals surface area contributed by atoms with E-state index in [0.29, 0.717) is 18.7 Å². The van der Waals surface area contributed by atoms with Crippen molar-refractivity contribution in [3.63, 3.8) is 0 Å². The van der Waals surface area contributed by atoms with E-state index in [2.05, 4.69) is 10.3 Å². The smallest absolute Gasteiger partial charge is 0.161 e. The molecule has 84 valence electrons. The lowest BCUT2D eigenvalue weighted by molar-refractivity contribution is 0.397. The normalized spacial score (nSPS) is 10.5. The van der Waals surface area contributed by atoms with Gasteiger partial charge in [-0.2, -0.15) is 0 Å². The topological polar surface area (TPSA) is 65.4 Å². The van der Waals surface area contributed by atoms with Crippen molar-refractivity contribution >= 4 is 11.3 Å². The van der Waals surface area contributed by atoms with Crippen LogP contribution >= 0.6 is 11.3 Å². The van der Waals surface area contributed by atoms with Gasteiger partial charge < -0.3 is 15.5 Å². The molecule has 0 saturated heterocycles. The first kappa shape index (κ1) is 10.9. The predicted octanol–water partition coefficient (Wildman–Crippen LogP) is 1.84. The Morgan fingerprint density at radius 2 is 2.12 bits per heavy atom. The van der Waals surface area contributed by atoms with E-state index in [1.54, 1.807) is 29.0 Å². The van der Waals surface area contributed by atoms with Crippen LogP contribution in [-0.4, -0.2) is 15.2 Å². The van der Waals surface area contributed by atoms with Gasteiger partial charge in [0.2, 0.25) is 0 Å². The number of hydrogen-bond donors (Lipinski definition) is 3. The summed E-state index contributed by atoms with van der Waals surface area (Å²) in [5.41, 5.74) is 3.43. The summed E-state index contributed by atoms with van der Waals surface area (Å²) in [6.45, 7) is 1.15. The molecule has 2 aromatic rings. The Balaban J connectivity index is 1.92. The van der Waals surface area contributed by atoms with Crippen LogP contribution in [0.15, 0.2) is 29.1 Å². The average Bonchev–Trinajstić information content (AvgIpc) is 2.77. The summed E-state index contributed by atoms with van der Waals surface area (Å²) in [7, 11) is 0. The third-order valence-electron chi connectivity index (χ3n) is 2.20. The monoisotopic (exact) mass is 236 g/mol. The van der Waals surface area contributed by atoms with Gasteiger partial charge in [0.05, 0.1) is 11.2 Å². The second kappa shape index (κ2) is 4.96. The standard InChI is InChI=1S/C11H12N2O2S/c14-10-3-1-2-8(11(10)15)4-12-5-9-6-16-7-13-9/h1-3,6-7,12,14-15H,4-5H2. The van der Waals surface area contributed by atoms with Crippen LogP contribution in [0.4, 0.5) is 0 Å². The summed E-state index contributed by atoms with van der Waals surface area (Å²) >= 11 is 1.55. The molecule has 0 aliphatic heterocycles. The summed E-state index contributed by atoms with van der Waals surface area (Å²) in [5.74, 6) is -0.152. The van der Waals surface area contributed by atoms with Crippen LogP contribution in [0.5, 0.6) is 11.5 Å². The number of benzene rings is 1. The van der Waals surface area contributed by atoms with Gasteiger partial charge in [-0.15, -0.1) is 11.3 Å². The van der Waals surface area contributed by atoms with Crippen LogP contribution in [-0.2, 0) is 13.1 Å². The van der Waals surface area contributed by atoms with Crippen LogP contribution in [0, 0.1) is 0 Å². The first-order valence-electron chi connectivity index (χ1n) is 4.85. The molecule has 0 aliphatic rings. The molecule has 0 saturated carbocycles. The van der Waals surface area contributed by atoms with E-state index in [1.165, 1.54) is 6.07 Å². The summed E-state index contributed by atoms with van der Waals surface area (Å²) in [5, 5.41) is 24.0. The Morgan fingerprint density at radius 1 is 1.25 bits per heavy atom. The van der Waals surface area contributed by atoms with Gasteiger partial charge in [0.1, 0.15) is 0 Å². The van der Waals surface area contributed by atoms with Crippen molar-refractivity contribution in [3.05, 3.63) is 40.3 Å². The number of phenolic OH excluding ortho intramolecular Hbond substituents is 2. The fraction of sp³-hybridized carbons (Fsp3) is 0.182. The lowest BCUT2D eigenvalue weighted by atomic mass is 10.2. The van der Waals surface area contributed by atoms with Crippen LogP contribution in [0.1, 0.15) is 11.3 Å². The third kappa shape index (κ3) is 2.50. The minimum atomic E-state index is -0.0899. The van der Waals surface area contributed by atoms with E-state index < -0.39 is 0 Å².